The second-order valence-electron chi connectivity index (χ2n) is 7.76. The van der Waals surface area contributed by atoms with Gasteiger partial charge in [-0.05, 0) is 65.2 Å². The zero-order valence-electron chi connectivity index (χ0n) is 18.4. The van der Waals surface area contributed by atoms with Crippen LogP contribution in [-0.4, -0.2) is 22.9 Å². The summed E-state index contributed by atoms with van der Waals surface area (Å²) in [5, 5.41) is 17.0. The minimum absolute atomic E-state index is 0.0424. The summed E-state index contributed by atoms with van der Waals surface area (Å²) in [5.74, 6) is -2.11. The Balaban J connectivity index is 1.57. The largest absolute Gasteiger partial charge is 0.478 e. The summed E-state index contributed by atoms with van der Waals surface area (Å²) in [6.45, 7) is 1.81. The van der Waals surface area contributed by atoms with Crippen molar-refractivity contribution in [2.24, 2.45) is 0 Å². The van der Waals surface area contributed by atoms with Gasteiger partial charge in [0.15, 0.2) is 0 Å². The fraction of sp³-hybridized carbons (Fsp3) is 0.0357. The molecule has 4 aromatic rings. The maximum Gasteiger partial charge on any atom is 0.337 e. The molecule has 0 radical (unpaired) electrons. The van der Waals surface area contributed by atoms with Gasteiger partial charge in [-0.25, -0.2) is 4.79 Å². The molecule has 0 aliphatic rings. The number of para-hydroxylation sites is 1. The summed E-state index contributed by atoms with van der Waals surface area (Å²) >= 11 is 0. The molecule has 0 saturated carbocycles. The van der Waals surface area contributed by atoms with Crippen LogP contribution < -0.4 is 10.6 Å². The normalized spacial score (nSPS) is 11.1. The molecule has 0 atom stereocenters. The summed E-state index contributed by atoms with van der Waals surface area (Å²) in [6, 6.07) is 26.8. The van der Waals surface area contributed by atoms with Crippen molar-refractivity contribution in [1.29, 1.82) is 0 Å². The van der Waals surface area contributed by atoms with Gasteiger partial charge in [0.2, 0.25) is 5.91 Å². The lowest BCUT2D eigenvalue weighted by Crippen LogP contribution is -2.16. The van der Waals surface area contributed by atoms with Crippen molar-refractivity contribution in [3.63, 3.8) is 0 Å². The zero-order valence-corrected chi connectivity index (χ0v) is 18.4. The number of rotatable bonds is 6. The van der Waals surface area contributed by atoms with E-state index in [1.165, 1.54) is 24.3 Å². The number of fused-ring (bicyclic) bond motifs is 1. The van der Waals surface area contributed by atoms with Crippen molar-refractivity contribution < 1.29 is 19.5 Å². The van der Waals surface area contributed by atoms with E-state index in [1.807, 2.05) is 55.5 Å². The maximum absolute atomic E-state index is 12.7. The third-order valence-electron chi connectivity index (χ3n) is 5.35. The molecule has 0 aliphatic carbocycles. The predicted octanol–water partition coefficient (Wildman–Crippen LogP) is 5.83. The van der Waals surface area contributed by atoms with Crippen molar-refractivity contribution in [3.8, 4) is 0 Å². The maximum atomic E-state index is 12.7. The number of carbonyl (C=O) groups excluding carboxylic acids is 2. The molecule has 4 rings (SSSR count). The van der Waals surface area contributed by atoms with E-state index in [1.54, 1.807) is 24.3 Å². The third-order valence-corrected chi connectivity index (χ3v) is 5.35. The number of carboxylic acid groups (broad SMARTS) is 1. The van der Waals surface area contributed by atoms with Crippen LogP contribution in [0.25, 0.3) is 16.3 Å². The molecule has 34 heavy (non-hydrogen) atoms. The summed E-state index contributed by atoms with van der Waals surface area (Å²) < 4.78 is 0. The molecule has 0 spiro atoms. The molecular weight excluding hydrogens is 428 g/mol. The van der Waals surface area contributed by atoms with Gasteiger partial charge >= 0.3 is 5.97 Å². The van der Waals surface area contributed by atoms with Crippen LogP contribution >= 0.6 is 0 Å². The van der Waals surface area contributed by atoms with E-state index in [2.05, 4.69) is 10.6 Å². The molecule has 0 unspecified atom stereocenters. The van der Waals surface area contributed by atoms with Gasteiger partial charge in [-0.15, -0.1) is 0 Å². The van der Waals surface area contributed by atoms with Crippen LogP contribution in [0.15, 0.2) is 97.1 Å². The van der Waals surface area contributed by atoms with Crippen LogP contribution in [0.1, 0.15) is 33.2 Å². The molecule has 3 N–H and O–H groups in total. The minimum atomic E-state index is -1.21. The molecule has 0 saturated heterocycles. The molecule has 6 heteroatoms. The summed E-state index contributed by atoms with van der Waals surface area (Å²) in [7, 11) is 0. The van der Waals surface area contributed by atoms with Crippen LogP contribution in [0.4, 0.5) is 11.4 Å². The molecular formula is C28H22N2O4. The van der Waals surface area contributed by atoms with E-state index < -0.39 is 17.8 Å². The molecule has 0 fully saturated rings. The number of nitrogens with one attached hydrogen (secondary N) is 2. The summed E-state index contributed by atoms with van der Waals surface area (Å²) in [5.41, 5.74) is 2.36. The SMILES string of the molecule is CC(=CC(=O)Nc1cc(C(=O)Nc2ccccc2)ccc1C(=O)O)c1ccc2ccccc2c1. The molecule has 0 heterocycles. The van der Waals surface area contributed by atoms with E-state index in [0.29, 0.717) is 5.69 Å². The Morgan fingerprint density at radius 2 is 1.41 bits per heavy atom. The number of carbonyl (C=O) groups is 3. The van der Waals surface area contributed by atoms with Crippen LogP contribution in [0.2, 0.25) is 0 Å². The summed E-state index contributed by atoms with van der Waals surface area (Å²) in [6.07, 6.45) is 1.41. The number of amides is 2. The Labute approximate surface area is 196 Å². The van der Waals surface area contributed by atoms with Crippen LogP contribution in [0, 0.1) is 0 Å². The molecule has 2 amide bonds. The highest BCUT2D eigenvalue weighted by Gasteiger charge is 2.16. The van der Waals surface area contributed by atoms with E-state index in [-0.39, 0.29) is 16.8 Å². The quantitative estimate of drug-likeness (QED) is 0.322. The average molecular weight is 450 g/mol. The van der Waals surface area contributed by atoms with Gasteiger partial charge < -0.3 is 15.7 Å². The topological polar surface area (TPSA) is 95.5 Å². The fourth-order valence-electron chi connectivity index (χ4n) is 3.58. The Morgan fingerprint density at radius 1 is 0.735 bits per heavy atom. The van der Waals surface area contributed by atoms with Crippen LogP contribution in [-0.2, 0) is 4.79 Å². The molecule has 0 aromatic heterocycles. The van der Waals surface area contributed by atoms with E-state index in [0.717, 1.165) is 21.9 Å². The monoisotopic (exact) mass is 450 g/mol. The van der Waals surface area contributed by atoms with E-state index >= 15 is 0 Å². The highest BCUT2D eigenvalue weighted by atomic mass is 16.4. The third kappa shape index (κ3) is 5.19. The Hall–Kier alpha value is -4.71. The first-order chi connectivity index (χ1) is 16.4. The Bertz CT molecular complexity index is 1430. The molecule has 0 aliphatic heterocycles. The van der Waals surface area contributed by atoms with Gasteiger partial charge in [0.05, 0.1) is 11.3 Å². The molecule has 6 nitrogen and oxygen atoms in total. The number of benzene rings is 4. The summed E-state index contributed by atoms with van der Waals surface area (Å²) in [4.78, 5) is 37.0. The van der Waals surface area contributed by atoms with E-state index in [9.17, 15) is 19.5 Å². The lowest BCUT2D eigenvalue weighted by Gasteiger charge is -2.11. The number of hydrogen-bond donors (Lipinski definition) is 3. The van der Waals surface area contributed by atoms with Gasteiger partial charge in [-0.2, -0.15) is 0 Å². The van der Waals surface area contributed by atoms with Crippen molar-refractivity contribution in [1.82, 2.24) is 0 Å². The van der Waals surface area contributed by atoms with Gasteiger partial charge in [-0.1, -0.05) is 54.6 Å². The predicted molar refractivity (Wildman–Crippen MR) is 134 cm³/mol. The standard InChI is InChI=1S/C28H22N2O4/c1-18(20-12-11-19-7-5-6-8-21(19)16-20)15-26(31)30-25-17-22(13-14-24(25)28(33)34)27(32)29-23-9-3-2-4-10-23/h2-17H,1H3,(H,29,32)(H,30,31)(H,33,34). The number of carboxylic acids is 1. The first-order valence-corrected chi connectivity index (χ1v) is 10.6. The lowest BCUT2D eigenvalue weighted by atomic mass is 10.0. The molecule has 4 aromatic carbocycles. The first kappa shape index (κ1) is 22.5. The second kappa shape index (κ2) is 9.83. The lowest BCUT2D eigenvalue weighted by molar-refractivity contribution is -0.111. The van der Waals surface area contributed by atoms with Gasteiger partial charge in [0, 0.05) is 17.3 Å². The van der Waals surface area contributed by atoms with Crippen molar-refractivity contribution >= 4 is 45.5 Å². The Morgan fingerprint density at radius 3 is 2.15 bits per heavy atom. The van der Waals surface area contributed by atoms with Gasteiger partial charge in [0.1, 0.15) is 0 Å². The second-order valence-corrected chi connectivity index (χ2v) is 7.76. The smallest absolute Gasteiger partial charge is 0.337 e. The number of anilines is 2. The van der Waals surface area contributed by atoms with E-state index in [4.69, 9.17) is 0 Å². The number of allylic oxidation sites excluding steroid dienone is 1. The highest BCUT2D eigenvalue weighted by Crippen LogP contribution is 2.23. The average Bonchev–Trinajstić information content (AvgIpc) is 2.84. The van der Waals surface area contributed by atoms with Gasteiger partial charge in [0.25, 0.3) is 5.91 Å². The first-order valence-electron chi connectivity index (χ1n) is 10.6. The number of hydrogen-bond acceptors (Lipinski definition) is 3. The van der Waals surface area contributed by atoms with Crippen LogP contribution in [0.3, 0.4) is 0 Å². The van der Waals surface area contributed by atoms with Crippen molar-refractivity contribution in [2.45, 2.75) is 6.92 Å². The van der Waals surface area contributed by atoms with Gasteiger partial charge in [-0.3, -0.25) is 9.59 Å². The number of aromatic carboxylic acids is 1. The Kier molecular flexibility index (Phi) is 6.50. The fourth-order valence-corrected chi connectivity index (χ4v) is 3.58. The van der Waals surface area contributed by atoms with Crippen molar-refractivity contribution in [3.05, 3.63) is 114 Å². The highest BCUT2D eigenvalue weighted by molar-refractivity contribution is 6.10. The minimum Gasteiger partial charge on any atom is -0.478 e. The van der Waals surface area contributed by atoms with Crippen molar-refractivity contribution in [2.75, 3.05) is 10.6 Å². The zero-order chi connectivity index (χ0) is 24.1. The molecule has 168 valence electrons. The van der Waals surface area contributed by atoms with Crippen LogP contribution in [0.5, 0.6) is 0 Å². The molecule has 0 bridgehead atoms.